The summed E-state index contributed by atoms with van der Waals surface area (Å²) in [6, 6.07) is 0.230. The summed E-state index contributed by atoms with van der Waals surface area (Å²) in [5, 5.41) is 12.6. The maximum absolute atomic E-state index is 9.42. The van der Waals surface area contributed by atoms with Crippen molar-refractivity contribution in [1.82, 2.24) is 5.32 Å². The van der Waals surface area contributed by atoms with E-state index in [9.17, 15) is 5.11 Å². The van der Waals surface area contributed by atoms with Crippen LogP contribution in [0.15, 0.2) is 11.6 Å². The molecule has 0 radical (unpaired) electrons. The van der Waals surface area contributed by atoms with Crippen LogP contribution in [0.4, 0.5) is 0 Å². The average molecular weight is 141 g/mol. The Hall–Kier alpha value is -0.340. The van der Waals surface area contributed by atoms with Gasteiger partial charge in [0.05, 0.1) is 6.10 Å². The molecule has 0 aromatic rings. The van der Waals surface area contributed by atoms with Crippen LogP contribution in [0.25, 0.3) is 0 Å². The lowest BCUT2D eigenvalue weighted by molar-refractivity contribution is 0.139. The molecule has 0 saturated carbocycles. The van der Waals surface area contributed by atoms with Crippen LogP contribution in [0.1, 0.15) is 20.3 Å². The second kappa shape index (κ2) is 3.17. The van der Waals surface area contributed by atoms with Gasteiger partial charge in [0.15, 0.2) is 0 Å². The third-order valence-electron chi connectivity index (χ3n) is 2.00. The van der Waals surface area contributed by atoms with Gasteiger partial charge in [0.2, 0.25) is 0 Å². The molecule has 1 aliphatic heterocycles. The van der Waals surface area contributed by atoms with Gasteiger partial charge in [-0.1, -0.05) is 11.6 Å². The highest BCUT2D eigenvalue weighted by Crippen LogP contribution is 2.10. The fraction of sp³-hybridized carbons (Fsp3) is 0.750. The highest BCUT2D eigenvalue weighted by Gasteiger charge is 2.15. The molecule has 0 amide bonds. The topological polar surface area (TPSA) is 32.3 Å². The summed E-state index contributed by atoms with van der Waals surface area (Å²) in [7, 11) is 0. The van der Waals surface area contributed by atoms with Crippen molar-refractivity contribution in [2.24, 2.45) is 0 Å². The third kappa shape index (κ3) is 1.82. The van der Waals surface area contributed by atoms with E-state index in [1.54, 1.807) is 0 Å². The second-order valence-corrected chi connectivity index (χ2v) is 3.02. The van der Waals surface area contributed by atoms with Gasteiger partial charge in [0, 0.05) is 12.6 Å². The smallest absolute Gasteiger partial charge is 0.0727 e. The van der Waals surface area contributed by atoms with Crippen molar-refractivity contribution in [2.45, 2.75) is 32.4 Å². The standard InChI is InChI=1S/C8H15NO/c1-6-3-4-9-7(2)8(10)5-6/h3,7-10H,4-5H2,1-2H3/t7-,8-/m0/s1. The lowest BCUT2D eigenvalue weighted by atomic mass is 10.1. The van der Waals surface area contributed by atoms with Crippen LogP contribution in [-0.4, -0.2) is 23.8 Å². The van der Waals surface area contributed by atoms with Gasteiger partial charge in [0.1, 0.15) is 0 Å². The molecule has 1 rings (SSSR count). The van der Waals surface area contributed by atoms with Crippen molar-refractivity contribution in [3.63, 3.8) is 0 Å². The molecule has 0 bridgehead atoms. The van der Waals surface area contributed by atoms with E-state index in [-0.39, 0.29) is 12.1 Å². The maximum Gasteiger partial charge on any atom is 0.0727 e. The van der Waals surface area contributed by atoms with Crippen LogP contribution in [0.3, 0.4) is 0 Å². The molecule has 2 heteroatoms. The van der Waals surface area contributed by atoms with Gasteiger partial charge in [-0.3, -0.25) is 0 Å². The van der Waals surface area contributed by atoms with Crippen molar-refractivity contribution in [1.29, 1.82) is 0 Å². The number of aliphatic hydroxyl groups excluding tert-OH is 1. The fourth-order valence-electron chi connectivity index (χ4n) is 1.15. The first-order valence-electron chi connectivity index (χ1n) is 3.77. The third-order valence-corrected chi connectivity index (χ3v) is 2.00. The summed E-state index contributed by atoms with van der Waals surface area (Å²) in [5.74, 6) is 0. The van der Waals surface area contributed by atoms with Crippen LogP contribution in [-0.2, 0) is 0 Å². The summed E-state index contributed by atoms with van der Waals surface area (Å²) >= 11 is 0. The summed E-state index contributed by atoms with van der Waals surface area (Å²) < 4.78 is 0. The molecule has 58 valence electrons. The highest BCUT2D eigenvalue weighted by molar-refractivity contribution is 5.04. The Morgan fingerprint density at radius 3 is 3.10 bits per heavy atom. The van der Waals surface area contributed by atoms with Crippen LogP contribution < -0.4 is 5.32 Å². The molecule has 0 unspecified atom stereocenters. The van der Waals surface area contributed by atoms with Gasteiger partial charge in [-0.2, -0.15) is 0 Å². The molecule has 2 N–H and O–H groups in total. The molecule has 0 saturated heterocycles. The Balaban J connectivity index is 2.53. The number of hydrogen-bond donors (Lipinski definition) is 2. The van der Waals surface area contributed by atoms with Gasteiger partial charge < -0.3 is 10.4 Å². The Kier molecular flexibility index (Phi) is 2.46. The largest absolute Gasteiger partial charge is 0.391 e. The number of aliphatic hydroxyl groups is 1. The van der Waals surface area contributed by atoms with E-state index in [4.69, 9.17) is 0 Å². The van der Waals surface area contributed by atoms with E-state index in [1.165, 1.54) is 5.57 Å². The highest BCUT2D eigenvalue weighted by atomic mass is 16.3. The molecule has 2 nitrogen and oxygen atoms in total. The molecule has 0 aromatic carbocycles. The van der Waals surface area contributed by atoms with Crippen LogP contribution >= 0.6 is 0 Å². The van der Waals surface area contributed by atoms with Crippen LogP contribution in [0, 0.1) is 0 Å². The van der Waals surface area contributed by atoms with Gasteiger partial charge in [-0.15, -0.1) is 0 Å². The molecule has 2 atom stereocenters. The molecule has 0 aliphatic carbocycles. The fourth-order valence-corrected chi connectivity index (χ4v) is 1.15. The van der Waals surface area contributed by atoms with Crippen molar-refractivity contribution in [3.05, 3.63) is 11.6 Å². The van der Waals surface area contributed by atoms with E-state index < -0.39 is 0 Å². The molecule has 0 spiro atoms. The predicted octanol–water partition coefficient (Wildman–Crippen LogP) is 0.675. The monoisotopic (exact) mass is 141 g/mol. The molecule has 1 heterocycles. The molecular formula is C8H15NO. The first-order valence-corrected chi connectivity index (χ1v) is 3.77. The molecule has 0 aromatic heterocycles. The molecular weight excluding hydrogens is 126 g/mol. The minimum atomic E-state index is -0.209. The van der Waals surface area contributed by atoms with Gasteiger partial charge in [0.25, 0.3) is 0 Å². The van der Waals surface area contributed by atoms with Crippen molar-refractivity contribution in [3.8, 4) is 0 Å². The van der Waals surface area contributed by atoms with Gasteiger partial charge >= 0.3 is 0 Å². The zero-order valence-corrected chi connectivity index (χ0v) is 6.59. The molecule has 0 fully saturated rings. The lowest BCUT2D eigenvalue weighted by Crippen LogP contribution is -2.35. The van der Waals surface area contributed by atoms with Crippen LogP contribution in [0.5, 0.6) is 0 Å². The average Bonchev–Trinajstić information content (AvgIpc) is 1.96. The lowest BCUT2D eigenvalue weighted by Gasteiger charge is -2.16. The van der Waals surface area contributed by atoms with Gasteiger partial charge in [-0.05, 0) is 20.3 Å². The number of hydrogen-bond acceptors (Lipinski definition) is 2. The van der Waals surface area contributed by atoms with E-state index in [0.29, 0.717) is 0 Å². The first-order chi connectivity index (χ1) is 4.70. The minimum absolute atomic E-state index is 0.209. The van der Waals surface area contributed by atoms with E-state index in [1.807, 2.05) is 6.92 Å². The summed E-state index contributed by atoms with van der Waals surface area (Å²) in [6.07, 6.45) is 2.74. The number of nitrogens with one attached hydrogen (secondary N) is 1. The second-order valence-electron chi connectivity index (χ2n) is 3.02. The van der Waals surface area contributed by atoms with Gasteiger partial charge in [-0.25, -0.2) is 0 Å². The Morgan fingerprint density at radius 1 is 1.70 bits per heavy atom. The zero-order valence-electron chi connectivity index (χ0n) is 6.59. The van der Waals surface area contributed by atoms with Crippen LogP contribution in [0.2, 0.25) is 0 Å². The summed E-state index contributed by atoms with van der Waals surface area (Å²) in [6.45, 7) is 4.96. The Morgan fingerprint density at radius 2 is 2.40 bits per heavy atom. The van der Waals surface area contributed by atoms with Crippen molar-refractivity contribution in [2.75, 3.05) is 6.54 Å². The summed E-state index contributed by atoms with van der Waals surface area (Å²) in [5.41, 5.74) is 1.28. The number of rotatable bonds is 0. The quantitative estimate of drug-likeness (QED) is 0.486. The van der Waals surface area contributed by atoms with E-state index in [0.717, 1.165) is 13.0 Å². The Labute approximate surface area is 61.9 Å². The van der Waals surface area contributed by atoms with Crippen molar-refractivity contribution < 1.29 is 5.11 Å². The molecule has 1 aliphatic rings. The first kappa shape index (κ1) is 7.76. The summed E-state index contributed by atoms with van der Waals surface area (Å²) in [4.78, 5) is 0. The maximum atomic E-state index is 9.42. The normalized spacial score (nSPS) is 34.9. The van der Waals surface area contributed by atoms with E-state index in [2.05, 4.69) is 18.3 Å². The van der Waals surface area contributed by atoms with E-state index >= 15 is 0 Å². The van der Waals surface area contributed by atoms with Crippen molar-refractivity contribution >= 4 is 0 Å². The Bertz CT molecular complexity index is 142. The predicted molar refractivity (Wildman–Crippen MR) is 41.8 cm³/mol. The zero-order chi connectivity index (χ0) is 7.56. The molecule has 10 heavy (non-hydrogen) atoms. The minimum Gasteiger partial charge on any atom is -0.391 e. The SMILES string of the molecule is CC1=CCN[C@@H](C)[C@@H](O)C1.